The van der Waals surface area contributed by atoms with Gasteiger partial charge in [-0.1, -0.05) is 25.0 Å². The van der Waals surface area contributed by atoms with Crippen LogP contribution in [0.25, 0.3) is 0 Å². The summed E-state index contributed by atoms with van der Waals surface area (Å²) in [6, 6.07) is 0.370. The fourth-order valence-corrected chi connectivity index (χ4v) is 3.57. The van der Waals surface area contributed by atoms with Crippen molar-refractivity contribution in [2.45, 2.75) is 69.9 Å². The molecule has 20 heavy (non-hydrogen) atoms. The fourth-order valence-electron chi connectivity index (χ4n) is 3.57. The summed E-state index contributed by atoms with van der Waals surface area (Å²) in [5, 5.41) is 3.78. The fraction of sp³-hybridized carbons (Fsp3) is 0.882. The van der Waals surface area contributed by atoms with Crippen molar-refractivity contribution < 1.29 is 9.47 Å². The topological polar surface area (TPSA) is 30.5 Å². The second-order valence-electron chi connectivity index (χ2n) is 6.15. The van der Waals surface area contributed by atoms with Gasteiger partial charge in [-0.2, -0.15) is 0 Å². The highest BCUT2D eigenvalue weighted by Gasteiger charge is 2.41. The molecule has 0 radical (unpaired) electrons. The van der Waals surface area contributed by atoms with Crippen LogP contribution in [0.2, 0.25) is 0 Å². The van der Waals surface area contributed by atoms with Gasteiger partial charge in [0, 0.05) is 33.2 Å². The predicted molar refractivity (Wildman–Crippen MR) is 83.0 cm³/mol. The molecule has 3 heteroatoms. The molecule has 1 saturated heterocycles. The van der Waals surface area contributed by atoms with Crippen molar-refractivity contribution in [1.82, 2.24) is 5.32 Å². The second kappa shape index (κ2) is 8.16. The Kier molecular flexibility index (Phi) is 6.53. The summed E-state index contributed by atoms with van der Waals surface area (Å²) >= 11 is 0. The maximum atomic E-state index is 6.05. The minimum absolute atomic E-state index is 0.0659. The summed E-state index contributed by atoms with van der Waals surface area (Å²) in [6.45, 7) is 4.94. The molecular weight excluding hydrogens is 250 g/mol. The molecule has 1 fully saturated rings. The molecule has 0 bridgehead atoms. The molecule has 0 spiro atoms. The quantitative estimate of drug-likeness (QED) is 0.757. The molecule has 0 amide bonds. The van der Waals surface area contributed by atoms with Gasteiger partial charge in [-0.15, -0.1) is 0 Å². The van der Waals surface area contributed by atoms with Crippen molar-refractivity contribution in [2.24, 2.45) is 0 Å². The number of nitrogens with one attached hydrogen (secondary N) is 1. The Morgan fingerprint density at radius 3 is 2.80 bits per heavy atom. The van der Waals surface area contributed by atoms with Crippen LogP contribution in [0.4, 0.5) is 0 Å². The summed E-state index contributed by atoms with van der Waals surface area (Å²) in [4.78, 5) is 0. The molecule has 0 aromatic heterocycles. The molecule has 0 aromatic carbocycles. The van der Waals surface area contributed by atoms with Gasteiger partial charge in [0.15, 0.2) is 0 Å². The molecule has 2 rings (SSSR count). The van der Waals surface area contributed by atoms with E-state index in [-0.39, 0.29) is 5.60 Å². The Labute approximate surface area is 124 Å². The normalized spacial score (nSPS) is 24.8. The van der Waals surface area contributed by atoms with E-state index in [1.54, 1.807) is 5.57 Å². The van der Waals surface area contributed by atoms with E-state index in [9.17, 15) is 0 Å². The van der Waals surface area contributed by atoms with Crippen molar-refractivity contribution in [3.63, 3.8) is 0 Å². The van der Waals surface area contributed by atoms with Gasteiger partial charge < -0.3 is 14.8 Å². The average Bonchev–Trinajstić information content (AvgIpc) is 2.78. The third-order valence-corrected chi connectivity index (χ3v) is 4.82. The van der Waals surface area contributed by atoms with Crippen LogP contribution in [-0.4, -0.2) is 38.5 Å². The Morgan fingerprint density at radius 2 is 2.10 bits per heavy atom. The summed E-state index contributed by atoms with van der Waals surface area (Å²) in [5.74, 6) is 0. The van der Waals surface area contributed by atoms with Gasteiger partial charge in [-0.25, -0.2) is 0 Å². The molecule has 3 nitrogen and oxygen atoms in total. The van der Waals surface area contributed by atoms with Gasteiger partial charge >= 0.3 is 0 Å². The van der Waals surface area contributed by atoms with Crippen LogP contribution >= 0.6 is 0 Å². The first-order valence-electron chi connectivity index (χ1n) is 8.37. The third-order valence-electron chi connectivity index (χ3n) is 4.82. The molecule has 1 aliphatic heterocycles. The molecule has 1 aliphatic carbocycles. The number of hydrogen-bond donors (Lipinski definition) is 1. The Hall–Kier alpha value is -0.380. The van der Waals surface area contributed by atoms with E-state index in [2.05, 4.69) is 18.3 Å². The first-order chi connectivity index (χ1) is 9.82. The van der Waals surface area contributed by atoms with Crippen LogP contribution in [0.3, 0.4) is 0 Å². The number of ether oxygens (including phenoxy) is 2. The third kappa shape index (κ3) is 3.84. The molecule has 0 saturated carbocycles. The van der Waals surface area contributed by atoms with Crippen LogP contribution in [0.1, 0.15) is 58.3 Å². The van der Waals surface area contributed by atoms with E-state index in [0.717, 1.165) is 32.6 Å². The highest BCUT2D eigenvalue weighted by molar-refractivity contribution is 5.19. The number of methoxy groups -OCH3 is 1. The standard InChI is InChI=1S/C17H31NO2/c1-3-12-18-16(15-8-6-4-5-7-9-15)17(19-2)10-13-20-14-11-17/h8,16,18H,3-7,9-14H2,1-2H3. The zero-order valence-corrected chi connectivity index (χ0v) is 13.2. The van der Waals surface area contributed by atoms with Crippen molar-refractivity contribution >= 4 is 0 Å². The molecule has 2 aliphatic rings. The van der Waals surface area contributed by atoms with E-state index < -0.39 is 0 Å². The maximum Gasteiger partial charge on any atom is 0.0913 e. The first-order valence-corrected chi connectivity index (χ1v) is 8.37. The number of allylic oxidation sites excluding steroid dienone is 1. The van der Waals surface area contributed by atoms with Gasteiger partial charge in [0.1, 0.15) is 0 Å². The SMILES string of the molecule is CCCNC(C1=CCCCCC1)C1(OC)CCOCC1. The van der Waals surface area contributed by atoms with Gasteiger partial charge in [0.25, 0.3) is 0 Å². The van der Waals surface area contributed by atoms with Gasteiger partial charge in [-0.3, -0.25) is 0 Å². The van der Waals surface area contributed by atoms with E-state index in [1.807, 2.05) is 7.11 Å². The van der Waals surface area contributed by atoms with Gasteiger partial charge in [0.2, 0.25) is 0 Å². The van der Waals surface area contributed by atoms with Crippen LogP contribution < -0.4 is 5.32 Å². The van der Waals surface area contributed by atoms with E-state index in [1.165, 1.54) is 38.5 Å². The predicted octanol–water partition coefficient (Wildman–Crippen LogP) is 3.44. The van der Waals surface area contributed by atoms with Crippen LogP contribution in [0, 0.1) is 0 Å². The second-order valence-corrected chi connectivity index (χ2v) is 6.15. The molecular formula is C17H31NO2. The Balaban J connectivity index is 2.17. The minimum atomic E-state index is -0.0659. The minimum Gasteiger partial charge on any atom is -0.381 e. The lowest BCUT2D eigenvalue weighted by Gasteiger charge is -2.44. The molecule has 1 N–H and O–H groups in total. The smallest absolute Gasteiger partial charge is 0.0913 e. The molecule has 1 heterocycles. The van der Waals surface area contributed by atoms with E-state index in [4.69, 9.17) is 9.47 Å². The van der Waals surface area contributed by atoms with Crippen LogP contribution in [-0.2, 0) is 9.47 Å². The molecule has 116 valence electrons. The lowest BCUT2D eigenvalue weighted by Crippen LogP contribution is -2.56. The summed E-state index contributed by atoms with van der Waals surface area (Å²) in [5.41, 5.74) is 1.52. The molecule has 1 unspecified atom stereocenters. The van der Waals surface area contributed by atoms with Gasteiger partial charge in [-0.05, 0) is 38.6 Å². The zero-order valence-electron chi connectivity index (χ0n) is 13.2. The molecule has 1 atom stereocenters. The molecule has 0 aromatic rings. The zero-order chi connectivity index (χ0) is 14.3. The Morgan fingerprint density at radius 1 is 1.30 bits per heavy atom. The first kappa shape index (κ1) is 16.0. The van der Waals surface area contributed by atoms with Crippen molar-refractivity contribution in [1.29, 1.82) is 0 Å². The summed E-state index contributed by atoms with van der Waals surface area (Å²) < 4.78 is 11.6. The van der Waals surface area contributed by atoms with E-state index >= 15 is 0 Å². The highest BCUT2D eigenvalue weighted by atomic mass is 16.5. The number of rotatable bonds is 6. The summed E-state index contributed by atoms with van der Waals surface area (Å²) in [7, 11) is 1.88. The van der Waals surface area contributed by atoms with Crippen LogP contribution in [0.5, 0.6) is 0 Å². The monoisotopic (exact) mass is 281 g/mol. The summed E-state index contributed by atoms with van der Waals surface area (Å²) in [6.07, 6.45) is 12.1. The van der Waals surface area contributed by atoms with Gasteiger partial charge in [0.05, 0.1) is 11.6 Å². The number of hydrogen-bond acceptors (Lipinski definition) is 3. The lowest BCUT2D eigenvalue weighted by atomic mass is 9.80. The lowest BCUT2D eigenvalue weighted by molar-refractivity contribution is -0.104. The van der Waals surface area contributed by atoms with Crippen LogP contribution in [0.15, 0.2) is 11.6 Å². The van der Waals surface area contributed by atoms with Crippen molar-refractivity contribution in [2.75, 3.05) is 26.9 Å². The highest BCUT2D eigenvalue weighted by Crippen LogP contribution is 2.34. The van der Waals surface area contributed by atoms with E-state index in [0.29, 0.717) is 6.04 Å². The largest absolute Gasteiger partial charge is 0.381 e. The Bertz CT molecular complexity index is 308. The average molecular weight is 281 g/mol. The van der Waals surface area contributed by atoms with Crippen molar-refractivity contribution in [3.8, 4) is 0 Å². The maximum absolute atomic E-state index is 6.05. The van der Waals surface area contributed by atoms with Crippen molar-refractivity contribution in [3.05, 3.63) is 11.6 Å².